The molecule has 1 rings (SSSR count). The van der Waals surface area contributed by atoms with Gasteiger partial charge in [0, 0.05) is 11.6 Å². The minimum atomic E-state index is 0.200. The summed E-state index contributed by atoms with van der Waals surface area (Å²) in [6.45, 7) is 3.98. The fourth-order valence-electron chi connectivity index (χ4n) is 1.18. The Morgan fingerprint density at radius 1 is 1.42 bits per heavy atom. The lowest BCUT2D eigenvalue weighted by atomic mass is 10.1. The average Bonchev–Trinajstić information content (AvgIpc) is 2.03. The molecule has 0 radical (unpaired) electrons. The summed E-state index contributed by atoms with van der Waals surface area (Å²) in [6, 6.07) is 5.93. The van der Waals surface area contributed by atoms with Gasteiger partial charge in [-0.1, -0.05) is 12.1 Å². The monoisotopic (exact) mass is 165 g/mol. The Balaban J connectivity index is 3.01. The molecule has 2 N–H and O–H groups in total. The molecule has 0 unspecified atom stereocenters. The van der Waals surface area contributed by atoms with Crippen LogP contribution in [0.3, 0.4) is 0 Å². The largest absolute Gasteiger partial charge is 0.508 e. The number of phenolic OH excluding ortho intramolecular Hbond substituents is 1. The van der Waals surface area contributed by atoms with Crippen molar-refractivity contribution in [2.45, 2.75) is 19.9 Å². The minimum Gasteiger partial charge on any atom is -0.508 e. The summed E-state index contributed by atoms with van der Waals surface area (Å²) in [4.78, 5) is 0. The number of aryl methyl sites for hydroxylation is 1. The third kappa shape index (κ3) is 1.77. The maximum atomic E-state index is 9.55. The standard InChI is InChI=1S/C10H15NO/c1-7-4-5-9(8(2)11-3)10(12)6-7/h4-6,8,11-12H,1-3H3/t8-/m0/s1. The zero-order valence-corrected chi connectivity index (χ0v) is 7.76. The van der Waals surface area contributed by atoms with Gasteiger partial charge < -0.3 is 10.4 Å². The number of aromatic hydroxyl groups is 1. The Morgan fingerprint density at radius 3 is 2.58 bits per heavy atom. The molecule has 2 nitrogen and oxygen atoms in total. The van der Waals surface area contributed by atoms with Gasteiger partial charge in [-0.15, -0.1) is 0 Å². The molecule has 0 spiro atoms. The number of hydrogen-bond donors (Lipinski definition) is 2. The van der Waals surface area contributed by atoms with E-state index in [2.05, 4.69) is 5.32 Å². The van der Waals surface area contributed by atoms with Gasteiger partial charge in [0.05, 0.1) is 0 Å². The van der Waals surface area contributed by atoms with E-state index in [0.29, 0.717) is 5.75 Å². The van der Waals surface area contributed by atoms with E-state index in [0.717, 1.165) is 11.1 Å². The van der Waals surface area contributed by atoms with E-state index in [4.69, 9.17) is 0 Å². The van der Waals surface area contributed by atoms with Gasteiger partial charge in [0.25, 0.3) is 0 Å². The van der Waals surface area contributed by atoms with E-state index in [1.54, 1.807) is 6.07 Å². The van der Waals surface area contributed by atoms with Crippen LogP contribution in [0.1, 0.15) is 24.1 Å². The topological polar surface area (TPSA) is 32.3 Å². The molecule has 12 heavy (non-hydrogen) atoms. The van der Waals surface area contributed by atoms with Gasteiger partial charge >= 0.3 is 0 Å². The molecular formula is C10H15NO. The summed E-state index contributed by atoms with van der Waals surface area (Å²) in [5, 5.41) is 12.6. The molecule has 0 aromatic heterocycles. The normalized spacial score (nSPS) is 12.9. The van der Waals surface area contributed by atoms with Crippen LogP contribution in [0, 0.1) is 6.92 Å². The fourth-order valence-corrected chi connectivity index (χ4v) is 1.18. The van der Waals surface area contributed by atoms with Crippen molar-refractivity contribution in [3.05, 3.63) is 29.3 Å². The molecule has 0 saturated carbocycles. The lowest BCUT2D eigenvalue weighted by molar-refractivity contribution is 0.457. The van der Waals surface area contributed by atoms with Crippen molar-refractivity contribution < 1.29 is 5.11 Å². The Bertz CT molecular complexity index is 271. The van der Waals surface area contributed by atoms with Gasteiger partial charge in [-0.2, -0.15) is 0 Å². The molecule has 1 aromatic carbocycles. The third-order valence-corrected chi connectivity index (χ3v) is 2.09. The summed E-state index contributed by atoms with van der Waals surface area (Å²) < 4.78 is 0. The van der Waals surface area contributed by atoms with Crippen LogP contribution in [0.5, 0.6) is 5.75 Å². The second-order valence-electron chi connectivity index (χ2n) is 3.07. The van der Waals surface area contributed by atoms with Gasteiger partial charge in [-0.25, -0.2) is 0 Å². The zero-order valence-electron chi connectivity index (χ0n) is 7.76. The number of phenols is 1. The first-order chi connectivity index (χ1) is 5.65. The van der Waals surface area contributed by atoms with Crippen molar-refractivity contribution in [2.75, 3.05) is 7.05 Å². The van der Waals surface area contributed by atoms with Gasteiger partial charge in [0.1, 0.15) is 5.75 Å². The molecular weight excluding hydrogens is 150 g/mol. The molecule has 0 heterocycles. The van der Waals surface area contributed by atoms with Crippen LogP contribution >= 0.6 is 0 Å². The smallest absolute Gasteiger partial charge is 0.120 e. The van der Waals surface area contributed by atoms with Gasteiger partial charge in [0.15, 0.2) is 0 Å². The maximum Gasteiger partial charge on any atom is 0.120 e. The number of nitrogens with one attached hydrogen (secondary N) is 1. The summed E-state index contributed by atoms with van der Waals surface area (Å²) in [7, 11) is 1.88. The first-order valence-electron chi connectivity index (χ1n) is 4.12. The van der Waals surface area contributed by atoms with Crippen LogP contribution in [-0.2, 0) is 0 Å². The van der Waals surface area contributed by atoms with E-state index in [1.165, 1.54) is 0 Å². The highest BCUT2D eigenvalue weighted by molar-refractivity contribution is 5.37. The van der Waals surface area contributed by atoms with Crippen LogP contribution in [0.15, 0.2) is 18.2 Å². The predicted octanol–water partition coefficient (Wildman–Crippen LogP) is 1.98. The Morgan fingerprint density at radius 2 is 2.08 bits per heavy atom. The van der Waals surface area contributed by atoms with Gasteiger partial charge in [-0.3, -0.25) is 0 Å². The molecule has 0 bridgehead atoms. The molecule has 0 fully saturated rings. The van der Waals surface area contributed by atoms with Crippen LogP contribution in [0.4, 0.5) is 0 Å². The highest BCUT2D eigenvalue weighted by Crippen LogP contribution is 2.24. The number of rotatable bonds is 2. The van der Waals surface area contributed by atoms with E-state index in [1.807, 2.05) is 33.0 Å². The summed E-state index contributed by atoms with van der Waals surface area (Å²) in [5.41, 5.74) is 2.03. The quantitative estimate of drug-likeness (QED) is 0.702. The molecule has 66 valence electrons. The molecule has 1 atom stereocenters. The van der Waals surface area contributed by atoms with E-state index < -0.39 is 0 Å². The van der Waals surface area contributed by atoms with E-state index in [-0.39, 0.29) is 6.04 Å². The van der Waals surface area contributed by atoms with Crippen molar-refractivity contribution in [2.24, 2.45) is 0 Å². The minimum absolute atomic E-state index is 0.200. The van der Waals surface area contributed by atoms with Gasteiger partial charge in [-0.05, 0) is 32.5 Å². The van der Waals surface area contributed by atoms with Crippen LogP contribution in [0.25, 0.3) is 0 Å². The lowest BCUT2D eigenvalue weighted by Gasteiger charge is -2.12. The molecule has 0 aliphatic heterocycles. The highest BCUT2D eigenvalue weighted by atomic mass is 16.3. The number of hydrogen-bond acceptors (Lipinski definition) is 2. The molecule has 1 aromatic rings. The maximum absolute atomic E-state index is 9.55. The molecule has 0 aliphatic rings. The Labute approximate surface area is 73.2 Å². The number of benzene rings is 1. The summed E-state index contributed by atoms with van der Waals surface area (Å²) in [5.74, 6) is 0.372. The molecule has 2 heteroatoms. The van der Waals surface area contributed by atoms with E-state index >= 15 is 0 Å². The first-order valence-corrected chi connectivity index (χ1v) is 4.12. The molecule has 0 amide bonds. The van der Waals surface area contributed by atoms with Crippen LogP contribution in [0.2, 0.25) is 0 Å². The van der Waals surface area contributed by atoms with Crippen LogP contribution < -0.4 is 5.32 Å². The molecule has 0 aliphatic carbocycles. The second kappa shape index (κ2) is 3.59. The SMILES string of the molecule is CN[C@@H](C)c1ccc(C)cc1O. The first kappa shape index (κ1) is 9.07. The molecule has 0 saturated heterocycles. The van der Waals surface area contributed by atoms with Crippen molar-refractivity contribution in [3.8, 4) is 5.75 Å². The lowest BCUT2D eigenvalue weighted by Crippen LogP contribution is -2.12. The highest BCUT2D eigenvalue weighted by Gasteiger charge is 2.06. The van der Waals surface area contributed by atoms with E-state index in [9.17, 15) is 5.11 Å². The van der Waals surface area contributed by atoms with Crippen molar-refractivity contribution in [1.82, 2.24) is 5.32 Å². The van der Waals surface area contributed by atoms with Crippen LogP contribution in [-0.4, -0.2) is 12.2 Å². The third-order valence-electron chi connectivity index (χ3n) is 2.09. The van der Waals surface area contributed by atoms with Crippen molar-refractivity contribution in [1.29, 1.82) is 0 Å². The fraction of sp³-hybridized carbons (Fsp3) is 0.400. The second-order valence-corrected chi connectivity index (χ2v) is 3.07. The summed E-state index contributed by atoms with van der Waals surface area (Å²) in [6.07, 6.45) is 0. The van der Waals surface area contributed by atoms with Crippen molar-refractivity contribution >= 4 is 0 Å². The zero-order chi connectivity index (χ0) is 9.14. The average molecular weight is 165 g/mol. The van der Waals surface area contributed by atoms with Crippen molar-refractivity contribution in [3.63, 3.8) is 0 Å². The Hall–Kier alpha value is -1.02. The predicted molar refractivity (Wildman–Crippen MR) is 50.3 cm³/mol. The van der Waals surface area contributed by atoms with Gasteiger partial charge in [0.2, 0.25) is 0 Å². The Kier molecular flexibility index (Phi) is 2.71. The summed E-state index contributed by atoms with van der Waals surface area (Å²) >= 11 is 0.